The van der Waals surface area contributed by atoms with Gasteiger partial charge in [0.2, 0.25) is 5.12 Å². The maximum absolute atomic E-state index is 10.2. The second-order valence-electron chi connectivity index (χ2n) is 1.35. The van der Waals surface area contributed by atoms with Crippen molar-refractivity contribution in [2.45, 2.75) is 13.0 Å². The number of hydrogen-bond acceptors (Lipinski definition) is 2. The molecule has 0 saturated heterocycles. The topological polar surface area (TPSA) is 29.1 Å². The SMILES string of the molecule is CNC(C)C(=O)S. The number of thiol groups is 1. The van der Waals surface area contributed by atoms with Crippen LogP contribution in [0.25, 0.3) is 0 Å². The third-order valence-corrected chi connectivity index (χ3v) is 1.19. The van der Waals surface area contributed by atoms with Crippen molar-refractivity contribution in [1.82, 2.24) is 5.32 Å². The molecule has 0 saturated carbocycles. The fraction of sp³-hybridized carbons (Fsp3) is 0.750. The molecular weight excluding hydrogens is 110 g/mol. The average Bonchev–Trinajstić information content (AvgIpc) is 1.65. The molecule has 0 rings (SSSR count). The number of hydrogen-bond donors (Lipinski definition) is 2. The van der Waals surface area contributed by atoms with Crippen molar-refractivity contribution < 1.29 is 4.79 Å². The number of carbonyl (C=O) groups excluding carboxylic acids is 1. The Balaban J connectivity index is 3.34. The molecule has 0 aromatic rings. The van der Waals surface area contributed by atoms with Gasteiger partial charge in [-0.2, -0.15) is 0 Å². The number of likely N-dealkylation sites (N-methyl/N-ethyl adjacent to an activating group) is 1. The average molecular weight is 119 g/mol. The molecule has 0 aliphatic rings. The summed E-state index contributed by atoms with van der Waals surface area (Å²) in [5, 5.41) is 2.62. The standard InChI is InChI=1S/C4H9NOS/c1-3(5-2)4(6)7/h3,5H,1-2H3,(H,6,7). The zero-order valence-corrected chi connectivity index (χ0v) is 5.33. The lowest BCUT2D eigenvalue weighted by atomic mass is 10.4. The molecule has 0 bridgehead atoms. The molecular formula is C4H9NOS. The fourth-order valence-electron chi connectivity index (χ4n) is 0.123. The van der Waals surface area contributed by atoms with Crippen LogP contribution in [-0.4, -0.2) is 18.2 Å². The molecule has 0 spiro atoms. The van der Waals surface area contributed by atoms with E-state index >= 15 is 0 Å². The van der Waals surface area contributed by atoms with Crippen molar-refractivity contribution in [2.24, 2.45) is 0 Å². The lowest BCUT2D eigenvalue weighted by molar-refractivity contribution is -0.112. The van der Waals surface area contributed by atoms with Gasteiger partial charge >= 0.3 is 0 Å². The number of rotatable bonds is 2. The lowest BCUT2D eigenvalue weighted by Gasteiger charge is -2.00. The third-order valence-electron chi connectivity index (χ3n) is 0.803. The molecule has 42 valence electrons. The third kappa shape index (κ3) is 2.65. The first-order valence-corrected chi connectivity index (χ1v) is 2.53. The Morgan fingerprint density at radius 1 is 1.86 bits per heavy atom. The summed E-state index contributed by atoms with van der Waals surface area (Å²) in [4.78, 5) is 10.2. The summed E-state index contributed by atoms with van der Waals surface area (Å²) in [5.41, 5.74) is 0. The zero-order chi connectivity index (χ0) is 5.86. The monoisotopic (exact) mass is 119 g/mol. The van der Waals surface area contributed by atoms with E-state index in [2.05, 4.69) is 17.9 Å². The maximum Gasteiger partial charge on any atom is 0.202 e. The van der Waals surface area contributed by atoms with Crippen molar-refractivity contribution in [3.05, 3.63) is 0 Å². The molecule has 0 heterocycles. The Bertz CT molecular complexity index is 74.1. The van der Waals surface area contributed by atoms with E-state index in [1.165, 1.54) is 0 Å². The van der Waals surface area contributed by atoms with E-state index in [1.54, 1.807) is 14.0 Å². The van der Waals surface area contributed by atoms with Crippen molar-refractivity contribution in [2.75, 3.05) is 7.05 Å². The Morgan fingerprint density at radius 2 is 2.29 bits per heavy atom. The summed E-state index contributed by atoms with van der Waals surface area (Å²) in [6.45, 7) is 1.76. The number of nitrogens with one attached hydrogen (secondary N) is 1. The predicted molar refractivity (Wildman–Crippen MR) is 32.5 cm³/mol. The van der Waals surface area contributed by atoms with Gasteiger partial charge in [0.15, 0.2) is 0 Å². The van der Waals surface area contributed by atoms with Crippen LogP contribution in [0.5, 0.6) is 0 Å². The van der Waals surface area contributed by atoms with Crippen LogP contribution in [0.15, 0.2) is 0 Å². The summed E-state index contributed by atoms with van der Waals surface area (Å²) in [6.07, 6.45) is 0. The second-order valence-corrected chi connectivity index (χ2v) is 1.79. The zero-order valence-electron chi connectivity index (χ0n) is 4.43. The summed E-state index contributed by atoms with van der Waals surface area (Å²) in [6, 6.07) is -0.122. The summed E-state index contributed by atoms with van der Waals surface area (Å²) in [7, 11) is 1.72. The number of carbonyl (C=O) groups is 1. The minimum Gasteiger partial charge on any atom is -0.310 e. The first-order chi connectivity index (χ1) is 3.18. The molecule has 0 aliphatic carbocycles. The van der Waals surface area contributed by atoms with Gasteiger partial charge < -0.3 is 5.32 Å². The van der Waals surface area contributed by atoms with Gasteiger partial charge in [-0.05, 0) is 14.0 Å². The van der Waals surface area contributed by atoms with Crippen molar-refractivity contribution in [1.29, 1.82) is 0 Å². The van der Waals surface area contributed by atoms with Gasteiger partial charge in [-0.3, -0.25) is 4.79 Å². The van der Waals surface area contributed by atoms with Gasteiger partial charge in [0.1, 0.15) is 0 Å². The maximum atomic E-state index is 10.2. The van der Waals surface area contributed by atoms with Gasteiger partial charge in [0, 0.05) is 0 Å². The van der Waals surface area contributed by atoms with Gasteiger partial charge in [-0.1, -0.05) is 0 Å². The van der Waals surface area contributed by atoms with Crippen molar-refractivity contribution in [3.8, 4) is 0 Å². The molecule has 0 amide bonds. The molecule has 0 radical (unpaired) electrons. The van der Waals surface area contributed by atoms with Gasteiger partial charge in [0.25, 0.3) is 0 Å². The summed E-state index contributed by atoms with van der Waals surface area (Å²) in [5.74, 6) is 0. The first kappa shape index (κ1) is 6.98. The quantitative estimate of drug-likeness (QED) is 0.503. The molecule has 0 aromatic carbocycles. The fourth-order valence-corrected chi connectivity index (χ4v) is 0.253. The molecule has 2 nitrogen and oxygen atoms in total. The Labute approximate surface area is 48.7 Å². The summed E-state index contributed by atoms with van der Waals surface area (Å²) < 4.78 is 0. The predicted octanol–water partition coefficient (Wildman–Crippen LogP) is 0.0507. The van der Waals surface area contributed by atoms with Crippen LogP contribution in [0, 0.1) is 0 Å². The molecule has 0 fully saturated rings. The molecule has 0 aromatic heterocycles. The van der Waals surface area contributed by atoms with Crippen LogP contribution >= 0.6 is 12.6 Å². The van der Waals surface area contributed by atoms with Crippen molar-refractivity contribution >= 4 is 17.7 Å². The van der Waals surface area contributed by atoms with E-state index < -0.39 is 0 Å². The van der Waals surface area contributed by atoms with E-state index in [9.17, 15) is 4.79 Å². The van der Waals surface area contributed by atoms with E-state index in [0.717, 1.165) is 0 Å². The highest BCUT2D eigenvalue weighted by Crippen LogP contribution is 1.84. The van der Waals surface area contributed by atoms with Crippen molar-refractivity contribution in [3.63, 3.8) is 0 Å². The Hall–Kier alpha value is -0.0200. The van der Waals surface area contributed by atoms with Gasteiger partial charge in [-0.25, -0.2) is 0 Å². The highest BCUT2D eigenvalue weighted by molar-refractivity contribution is 7.96. The molecule has 1 unspecified atom stereocenters. The second kappa shape index (κ2) is 3.04. The molecule has 1 atom stereocenters. The highest BCUT2D eigenvalue weighted by atomic mass is 32.1. The Kier molecular flexibility index (Phi) is 3.04. The van der Waals surface area contributed by atoms with E-state index in [1.807, 2.05) is 0 Å². The molecule has 0 aliphatic heterocycles. The Morgan fingerprint density at radius 3 is 2.29 bits per heavy atom. The minimum atomic E-state index is -0.123. The molecule has 7 heavy (non-hydrogen) atoms. The van der Waals surface area contributed by atoms with Crippen LogP contribution in [-0.2, 0) is 4.79 Å². The molecule has 3 heteroatoms. The first-order valence-electron chi connectivity index (χ1n) is 2.08. The van der Waals surface area contributed by atoms with Crippen LogP contribution in [0.1, 0.15) is 6.92 Å². The van der Waals surface area contributed by atoms with E-state index in [0.29, 0.717) is 0 Å². The van der Waals surface area contributed by atoms with E-state index in [4.69, 9.17) is 0 Å². The summed E-state index contributed by atoms with van der Waals surface area (Å²) >= 11 is 3.57. The minimum absolute atomic E-state index is 0.122. The highest BCUT2D eigenvalue weighted by Gasteiger charge is 2.01. The molecule has 1 N–H and O–H groups in total. The normalized spacial score (nSPS) is 13.6. The van der Waals surface area contributed by atoms with Crippen LogP contribution in [0.3, 0.4) is 0 Å². The lowest BCUT2D eigenvalue weighted by Crippen LogP contribution is -2.26. The van der Waals surface area contributed by atoms with Gasteiger partial charge in [0.05, 0.1) is 6.04 Å². The van der Waals surface area contributed by atoms with Gasteiger partial charge in [-0.15, -0.1) is 12.6 Å². The largest absolute Gasteiger partial charge is 0.310 e. The smallest absolute Gasteiger partial charge is 0.202 e. The van der Waals surface area contributed by atoms with E-state index in [-0.39, 0.29) is 11.2 Å². The van der Waals surface area contributed by atoms with Crippen LogP contribution < -0.4 is 5.32 Å². The van der Waals surface area contributed by atoms with Crippen LogP contribution in [0.2, 0.25) is 0 Å². The van der Waals surface area contributed by atoms with Crippen LogP contribution in [0.4, 0.5) is 0 Å².